The van der Waals surface area contributed by atoms with Gasteiger partial charge in [0.1, 0.15) is 5.82 Å². The van der Waals surface area contributed by atoms with E-state index in [4.69, 9.17) is 0 Å². The molecule has 127 valence electrons. The maximum atomic E-state index is 13.7. The summed E-state index contributed by atoms with van der Waals surface area (Å²) in [6, 6.07) is 7.56. The Balaban J connectivity index is 1.51. The van der Waals surface area contributed by atoms with Crippen molar-refractivity contribution < 1.29 is 4.39 Å². The molecule has 1 saturated heterocycles. The van der Waals surface area contributed by atoms with Crippen molar-refractivity contribution in [3.63, 3.8) is 0 Å². The van der Waals surface area contributed by atoms with E-state index in [2.05, 4.69) is 21.7 Å². The van der Waals surface area contributed by atoms with E-state index in [1.54, 1.807) is 18.1 Å². The van der Waals surface area contributed by atoms with E-state index in [0.717, 1.165) is 42.8 Å². The van der Waals surface area contributed by atoms with Crippen LogP contribution in [0.1, 0.15) is 32.6 Å². The molecule has 1 aromatic carbocycles. The van der Waals surface area contributed by atoms with E-state index in [-0.39, 0.29) is 5.82 Å². The van der Waals surface area contributed by atoms with Gasteiger partial charge in [-0.1, -0.05) is 19.8 Å². The zero-order chi connectivity index (χ0) is 16.5. The Bertz CT molecular complexity index is 709. The number of hydrogen-bond donors (Lipinski definition) is 0. The summed E-state index contributed by atoms with van der Waals surface area (Å²) in [5.74, 6) is 1.47. The van der Waals surface area contributed by atoms with Crippen molar-refractivity contribution >= 4 is 16.6 Å². The van der Waals surface area contributed by atoms with Crippen molar-refractivity contribution in [1.82, 2.24) is 9.88 Å². The normalized spacial score (nSPS) is 23.8. The number of hydrogen-bond acceptors (Lipinski definition) is 3. The van der Waals surface area contributed by atoms with Crippen LogP contribution in [0, 0.1) is 11.7 Å². The van der Waals surface area contributed by atoms with E-state index in [1.165, 1.54) is 31.7 Å². The van der Waals surface area contributed by atoms with Gasteiger partial charge in [0, 0.05) is 49.5 Å². The first-order chi connectivity index (χ1) is 11.7. The molecule has 0 bridgehead atoms. The number of nitrogens with zero attached hydrogens (tertiary/aromatic N) is 3. The quantitative estimate of drug-likeness (QED) is 0.830. The van der Waals surface area contributed by atoms with Crippen LogP contribution in [0.5, 0.6) is 0 Å². The third-order valence-electron chi connectivity index (χ3n) is 5.64. The van der Waals surface area contributed by atoms with Gasteiger partial charge in [0.25, 0.3) is 0 Å². The van der Waals surface area contributed by atoms with Crippen LogP contribution in [0.15, 0.2) is 30.5 Å². The van der Waals surface area contributed by atoms with Crippen LogP contribution >= 0.6 is 0 Å². The number of rotatable bonds is 2. The van der Waals surface area contributed by atoms with E-state index >= 15 is 0 Å². The Morgan fingerprint density at radius 1 is 1.08 bits per heavy atom. The molecule has 2 fully saturated rings. The molecule has 0 spiro atoms. The number of halogens is 1. The summed E-state index contributed by atoms with van der Waals surface area (Å²) in [4.78, 5) is 9.40. The molecule has 1 aromatic heterocycles. The minimum absolute atomic E-state index is 0.192. The average Bonchev–Trinajstić information content (AvgIpc) is 2.62. The van der Waals surface area contributed by atoms with Crippen molar-refractivity contribution in [3.05, 3.63) is 42.2 Å². The Labute approximate surface area is 143 Å². The van der Waals surface area contributed by atoms with Gasteiger partial charge in [-0.3, -0.25) is 9.88 Å². The zero-order valence-corrected chi connectivity index (χ0v) is 14.3. The van der Waals surface area contributed by atoms with Gasteiger partial charge in [-0.2, -0.15) is 0 Å². The largest absolute Gasteiger partial charge is 0.368 e. The Morgan fingerprint density at radius 3 is 2.71 bits per heavy atom. The fourth-order valence-corrected chi connectivity index (χ4v) is 4.30. The predicted octanol–water partition coefficient (Wildman–Crippen LogP) is 4.03. The first-order valence-electron chi connectivity index (χ1n) is 9.08. The highest BCUT2D eigenvalue weighted by Crippen LogP contribution is 2.32. The van der Waals surface area contributed by atoms with Crippen LogP contribution in [0.25, 0.3) is 10.9 Å². The van der Waals surface area contributed by atoms with E-state index in [0.29, 0.717) is 6.04 Å². The Kier molecular flexibility index (Phi) is 4.40. The van der Waals surface area contributed by atoms with Gasteiger partial charge >= 0.3 is 0 Å². The minimum Gasteiger partial charge on any atom is -0.368 e. The second kappa shape index (κ2) is 6.67. The molecule has 2 aliphatic rings. The molecule has 1 radical (unpaired) electrons. The van der Waals surface area contributed by atoms with Crippen LogP contribution in [0.3, 0.4) is 0 Å². The molecule has 4 rings (SSSR count). The third kappa shape index (κ3) is 3.00. The average molecular weight is 326 g/mol. The minimum atomic E-state index is -0.192. The predicted molar refractivity (Wildman–Crippen MR) is 96.7 cm³/mol. The highest BCUT2D eigenvalue weighted by molar-refractivity contribution is 5.91. The van der Waals surface area contributed by atoms with Crippen molar-refractivity contribution in [2.24, 2.45) is 0 Å². The summed E-state index contributed by atoms with van der Waals surface area (Å²) in [5, 5.41) is 0.923. The number of benzene rings is 1. The smallest absolute Gasteiger partial charge is 0.124 e. The second-order valence-electron chi connectivity index (χ2n) is 7.12. The summed E-state index contributed by atoms with van der Waals surface area (Å²) in [6.45, 7) is 6.50. The fraction of sp³-hybridized carbons (Fsp3) is 0.500. The van der Waals surface area contributed by atoms with Crippen LogP contribution < -0.4 is 4.90 Å². The summed E-state index contributed by atoms with van der Waals surface area (Å²) >= 11 is 0. The van der Waals surface area contributed by atoms with E-state index in [1.807, 2.05) is 12.3 Å². The molecular formula is C20H25FN3. The van der Waals surface area contributed by atoms with Gasteiger partial charge in [0.2, 0.25) is 0 Å². The molecule has 3 nitrogen and oxygen atoms in total. The Hall–Kier alpha value is -1.68. The number of pyridine rings is 1. The lowest BCUT2D eigenvalue weighted by Crippen LogP contribution is -2.52. The molecule has 1 atom stereocenters. The van der Waals surface area contributed by atoms with Gasteiger partial charge < -0.3 is 4.90 Å². The number of piperazine rings is 1. The van der Waals surface area contributed by atoms with Crippen molar-refractivity contribution in [2.75, 3.05) is 31.1 Å². The highest BCUT2D eigenvalue weighted by Gasteiger charge is 2.30. The number of anilines is 1. The second-order valence-corrected chi connectivity index (χ2v) is 7.12. The van der Waals surface area contributed by atoms with Crippen LogP contribution in [0.4, 0.5) is 10.1 Å². The maximum Gasteiger partial charge on any atom is 0.124 e. The molecule has 2 aromatic rings. The molecule has 0 amide bonds. The number of aromatic nitrogens is 1. The zero-order valence-electron chi connectivity index (χ0n) is 14.3. The molecule has 1 aliphatic carbocycles. The molecule has 0 N–H and O–H groups in total. The Morgan fingerprint density at radius 2 is 1.92 bits per heavy atom. The summed E-state index contributed by atoms with van der Waals surface area (Å²) in [7, 11) is 0. The lowest BCUT2D eigenvalue weighted by Gasteiger charge is -2.44. The van der Waals surface area contributed by atoms with E-state index in [9.17, 15) is 4.39 Å². The standard InChI is InChI=1S/C20H25FN3/c1-15-4-2-3-5-19(15)23-10-12-24(13-11-23)20-8-9-22-18-7-6-16(21)14-17(18)20/h6-9,14,19H,2-5,10-13H2,1H3. The third-order valence-corrected chi connectivity index (χ3v) is 5.64. The molecule has 1 aliphatic heterocycles. The summed E-state index contributed by atoms with van der Waals surface area (Å²) in [5.41, 5.74) is 1.98. The van der Waals surface area contributed by atoms with Gasteiger partial charge in [0.05, 0.1) is 5.52 Å². The van der Waals surface area contributed by atoms with Crippen molar-refractivity contribution in [1.29, 1.82) is 0 Å². The lowest BCUT2D eigenvalue weighted by atomic mass is 9.84. The highest BCUT2D eigenvalue weighted by atomic mass is 19.1. The summed E-state index contributed by atoms with van der Waals surface area (Å²) in [6.07, 6.45) is 7.16. The number of fused-ring (bicyclic) bond motifs is 1. The van der Waals surface area contributed by atoms with Gasteiger partial charge in [0.15, 0.2) is 0 Å². The maximum absolute atomic E-state index is 13.7. The van der Waals surface area contributed by atoms with Gasteiger partial charge in [-0.25, -0.2) is 4.39 Å². The van der Waals surface area contributed by atoms with Crippen molar-refractivity contribution in [3.8, 4) is 0 Å². The van der Waals surface area contributed by atoms with Crippen molar-refractivity contribution in [2.45, 2.75) is 38.6 Å². The first-order valence-corrected chi connectivity index (χ1v) is 9.08. The van der Waals surface area contributed by atoms with Crippen LogP contribution in [-0.2, 0) is 0 Å². The molecule has 4 heteroatoms. The SMILES string of the molecule is C[C]1CCCCC1N1CCN(c2ccnc3ccc(F)cc23)CC1. The molecule has 2 heterocycles. The lowest BCUT2D eigenvalue weighted by molar-refractivity contribution is 0.165. The molecule has 24 heavy (non-hydrogen) atoms. The van der Waals surface area contributed by atoms with E-state index < -0.39 is 0 Å². The molecule has 1 unspecified atom stereocenters. The fourth-order valence-electron chi connectivity index (χ4n) is 4.30. The topological polar surface area (TPSA) is 19.4 Å². The van der Waals surface area contributed by atoms with Crippen LogP contribution in [-0.4, -0.2) is 42.1 Å². The van der Waals surface area contributed by atoms with Crippen LogP contribution in [0.2, 0.25) is 0 Å². The van der Waals surface area contributed by atoms with Gasteiger partial charge in [-0.15, -0.1) is 0 Å². The molecule has 1 saturated carbocycles. The first kappa shape index (κ1) is 15.8. The molecular weight excluding hydrogens is 301 g/mol. The monoisotopic (exact) mass is 326 g/mol. The van der Waals surface area contributed by atoms with Gasteiger partial charge in [-0.05, 0) is 43.0 Å². The summed E-state index contributed by atoms with van der Waals surface area (Å²) < 4.78 is 13.7.